The van der Waals surface area contributed by atoms with Crippen LogP contribution in [0.2, 0.25) is 0 Å². The molecule has 0 atom stereocenters. The van der Waals surface area contributed by atoms with E-state index in [9.17, 15) is 4.79 Å². The first-order valence-corrected chi connectivity index (χ1v) is 5.17. The Balaban J connectivity index is 2.96. The van der Waals surface area contributed by atoms with Crippen molar-refractivity contribution in [1.29, 1.82) is 0 Å². The van der Waals surface area contributed by atoms with Crippen molar-refractivity contribution in [3.05, 3.63) is 23.8 Å². The molecule has 0 saturated heterocycles. The van der Waals surface area contributed by atoms with Crippen LogP contribution in [0.1, 0.15) is 5.56 Å². The third kappa shape index (κ3) is 2.97. The Bertz CT molecular complexity index is 394. The molecule has 0 spiro atoms. The van der Waals surface area contributed by atoms with Crippen LogP contribution in [0.3, 0.4) is 0 Å². The van der Waals surface area contributed by atoms with Crippen molar-refractivity contribution in [3.63, 3.8) is 0 Å². The zero-order valence-corrected chi connectivity index (χ0v) is 10.5. The van der Waals surface area contributed by atoms with Gasteiger partial charge in [-0.05, 0) is 19.1 Å². The van der Waals surface area contributed by atoms with E-state index in [4.69, 9.17) is 4.74 Å². The second-order valence-electron chi connectivity index (χ2n) is 4.60. The molecular weight excluding hydrogens is 204 g/mol. The highest BCUT2D eigenvalue weighted by Crippen LogP contribution is 2.26. The topological polar surface area (TPSA) is 38.3 Å². The van der Waals surface area contributed by atoms with Crippen LogP contribution >= 0.6 is 0 Å². The van der Waals surface area contributed by atoms with Gasteiger partial charge in [0.05, 0.1) is 21.1 Å². The molecule has 0 saturated carbocycles. The number of nitrogens with zero attached hydrogens (tertiary/aromatic N) is 1. The molecule has 4 nitrogen and oxygen atoms in total. The van der Waals surface area contributed by atoms with Gasteiger partial charge in [0.25, 0.3) is 0 Å². The molecule has 1 rings (SSSR count). The van der Waals surface area contributed by atoms with Crippen molar-refractivity contribution in [1.82, 2.24) is 9.80 Å². The van der Waals surface area contributed by atoms with Crippen molar-refractivity contribution in [2.45, 2.75) is 6.92 Å². The van der Waals surface area contributed by atoms with Gasteiger partial charge in [-0.25, -0.2) is 4.79 Å². The van der Waals surface area contributed by atoms with E-state index in [1.54, 1.807) is 6.07 Å². The normalized spacial score (nSPS) is 11.1. The minimum Gasteiger partial charge on any atom is -0.410 e. The zero-order valence-electron chi connectivity index (χ0n) is 10.5. The predicted molar refractivity (Wildman–Crippen MR) is 65.8 cm³/mol. The summed E-state index contributed by atoms with van der Waals surface area (Å²) in [7, 11) is 7.83. The highest BCUT2D eigenvalue weighted by Gasteiger charge is 2.16. The molecule has 88 valence electrons. The lowest BCUT2D eigenvalue weighted by molar-refractivity contribution is 0.203. The van der Waals surface area contributed by atoms with E-state index in [0.29, 0.717) is 5.75 Å². The summed E-state index contributed by atoms with van der Waals surface area (Å²) in [6, 6.07) is 5.66. The highest BCUT2D eigenvalue weighted by atomic mass is 16.5. The van der Waals surface area contributed by atoms with Crippen LogP contribution in [0.15, 0.2) is 18.2 Å². The smallest absolute Gasteiger partial charge is 0.410 e. The van der Waals surface area contributed by atoms with Gasteiger partial charge in [-0.3, -0.25) is 4.48 Å². The molecule has 4 heteroatoms. The first kappa shape index (κ1) is 12.5. The highest BCUT2D eigenvalue weighted by molar-refractivity contribution is 5.70. The molecule has 0 aromatic heterocycles. The fraction of sp³-hybridized carbons (Fsp3) is 0.417. The summed E-state index contributed by atoms with van der Waals surface area (Å²) < 4.78 is 5.80. The first-order chi connectivity index (χ1) is 7.34. The minimum absolute atomic E-state index is 0.447. The lowest BCUT2D eigenvalue weighted by Gasteiger charge is -2.25. The molecule has 0 fully saturated rings. The largest absolute Gasteiger partial charge is 0.412 e. The van der Waals surface area contributed by atoms with Gasteiger partial charge in [-0.15, -0.1) is 0 Å². The summed E-state index contributed by atoms with van der Waals surface area (Å²) in [4.78, 5) is 11.0. The van der Waals surface area contributed by atoms with E-state index in [1.165, 1.54) is 12.7 Å². The molecule has 0 aliphatic heterocycles. The molecule has 1 aromatic carbocycles. The third-order valence-corrected chi connectivity index (χ3v) is 2.31. The maximum Gasteiger partial charge on any atom is 0.412 e. The molecule has 1 N–H and O–H groups in total. The maximum atomic E-state index is 11.0. The summed E-state index contributed by atoms with van der Waals surface area (Å²) in [6.07, 6.45) is -0.447. The molecule has 0 aliphatic rings. The molecule has 16 heavy (non-hydrogen) atoms. The number of quaternary nitrogens is 1. The molecule has 0 aliphatic carbocycles. The average Bonchev–Trinajstić information content (AvgIpc) is 2.15. The number of nitrogens with one attached hydrogen (secondary N) is 1. The predicted octanol–water partition coefficient (Wildman–Crippen LogP) is 1.91. The van der Waals surface area contributed by atoms with Crippen LogP contribution in [0, 0.1) is 6.92 Å². The fourth-order valence-corrected chi connectivity index (χ4v) is 1.60. The third-order valence-electron chi connectivity index (χ3n) is 2.31. The second-order valence-corrected chi connectivity index (χ2v) is 4.60. The fourth-order valence-electron chi connectivity index (χ4n) is 1.60. The summed E-state index contributed by atoms with van der Waals surface area (Å²) in [5.74, 6) is 0.564. The van der Waals surface area contributed by atoms with Gasteiger partial charge in [0.1, 0.15) is 11.4 Å². The zero-order chi connectivity index (χ0) is 12.3. The number of hydrogen-bond donors (Lipinski definition) is 1. The van der Waals surface area contributed by atoms with Crippen LogP contribution in [-0.2, 0) is 0 Å². The van der Waals surface area contributed by atoms with Gasteiger partial charge >= 0.3 is 6.09 Å². The van der Waals surface area contributed by atoms with Crippen LogP contribution in [0.4, 0.5) is 10.5 Å². The lowest BCUT2D eigenvalue weighted by Crippen LogP contribution is -2.35. The Kier molecular flexibility index (Phi) is 3.55. The van der Waals surface area contributed by atoms with Crippen molar-refractivity contribution >= 4 is 11.8 Å². The Morgan fingerprint density at radius 2 is 1.94 bits per heavy atom. The van der Waals surface area contributed by atoms with Crippen LogP contribution in [0.25, 0.3) is 0 Å². The molecule has 0 unspecified atom stereocenters. The number of benzene rings is 1. The van der Waals surface area contributed by atoms with Crippen LogP contribution in [-0.4, -0.2) is 34.3 Å². The number of rotatable bonds is 2. The standard InChI is InChI=1S/C12H18N2O2/c1-9-8-10(16-12(15)13-2)6-7-11(9)14(3,4)5/h6-8H,1-5H3/p+1. The Labute approximate surface area is 96.4 Å². The number of carbonyl (C=O) groups is 1. The van der Waals surface area contributed by atoms with E-state index in [-0.39, 0.29) is 0 Å². The monoisotopic (exact) mass is 223 g/mol. The molecule has 1 aromatic rings. The molecule has 0 heterocycles. The maximum absolute atomic E-state index is 11.0. The van der Waals surface area contributed by atoms with Gasteiger partial charge in [-0.1, -0.05) is 0 Å². The van der Waals surface area contributed by atoms with Crippen LogP contribution in [0.5, 0.6) is 5.75 Å². The second kappa shape index (κ2) is 4.53. The van der Waals surface area contributed by atoms with Gasteiger partial charge in [-0.2, -0.15) is 0 Å². The number of hydrogen-bond acceptors (Lipinski definition) is 2. The SMILES string of the molecule is CNC(=O)Oc1ccc([N+](C)(C)C)c(C)c1. The molecule has 1 amide bonds. The molecular formula is C12H19N2O2+. The number of amides is 1. The van der Waals surface area contributed by atoms with Crippen LogP contribution < -0.4 is 14.5 Å². The van der Waals surface area contributed by atoms with E-state index < -0.39 is 6.09 Å². The summed E-state index contributed by atoms with van der Waals surface area (Å²) in [5, 5.41) is 2.41. The van der Waals surface area contributed by atoms with Gasteiger partial charge in [0.15, 0.2) is 0 Å². The van der Waals surface area contributed by atoms with E-state index in [1.807, 2.05) is 19.1 Å². The number of ether oxygens (including phenoxy) is 1. The number of aryl methyl sites for hydroxylation is 1. The van der Waals surface area contributed by atoms with Crippen molar-refractivity contribution in [2.75, 3.05) is 28.2 Å². The minimum atomic E-state index is -0.447. The average molecular weight is 223 g/mol. The Hall–Kier alpha value is -1.55. The molecule has 0 radical (unpaired) electrons. The van der Waals surface area contributed by atoms with Crippen molar-refractivity contribution in [2.24, 2.45) is 0 Å². The van der Waals surface area contributed by atoms with Crippen molar-refractivity contribution in [3.8, 4) is 5.75 Å². The Morgan fingerprint density at radius 1 is 1.31 bits per heavy atom. The summed E-state index contributed by atoms with van der Waals surface area (Å²) in [5.41, 5.74) is 2.30. The van der Waals surface area contributed by atoms with Gasteiger partial charge in [0, 0.05) is 18.7 Å². The van der Waals surface area contributed by atoms with E-state index in [0.717, 1.165) is 10.0 Å². The van der Waals surface area contributed by atoms with Crippen molar-refractivity contribution < 1.29 is 9.53 Å². The summed E-state index contributed by atoms with van der Waals surface area (Å²) in [6.45, 7) is 2.01. The summed E-state index contributed by atoms with van der Waals surface area (Å²) >= 11 is 0. The van der Waals surface area contributed by atoms with E-state index in [2.05, 4.69) is 26.5 Å². The lowest BCUT2D eigenvalue weighted by atomic mass is 10.1. The number of carbonyl (C=O) groups excluding carboxylic acids is 1. The van der Waals surface area contributed by atoms with Gasteiger partial charge < -0.3 is 10.1 Å². The van der Waals surface area contributed by atoms with Gasteiger partial charge in [0.2, 0.25) is 0 Å². The van der Waals surface area contributed by atoms with E-state index >= 15 is 0 Å². The first-order valence-electron chi connectivity index (χ1n) is 5.17. The quantitative estimate of drug-likeness (QED) is 0.778. The molecule has 0 bridgehead atoms. The Morgan fingerprint density at radius 3 is 2.38 bits per heavy atom.